The summed E-state index contributed by atoms with van der Waals surface area (Å²) >= 11 is 0. The normalized spacial score (nSPS) is 19.6. The van der Waals surface area contributed by atoms with Crippen LogP contribution in [0.1, 0.15) is 26.7 Å². The van der Waals surface area contributed by atoms with Gasteiger partial charge in [-0.3, -0.25) is 9.10 Å². The van der Waals surface area contributed by atoms with Gasteiger partial charge < -0.3 is 10.1 Å². The maximum atomic E-state index is 12.3. The Morgan fingerprint density at radius 1 is 1.45 bits per heavy atom. The highest BCUT2D eigenvalue weighted by Gasteiger charge is 2.31. The Labute approximate surface area is 131 Å². The Morgan fingerprint density at radius 3 is 2.77 bits per heavy atom. The first-order valence-electron chi connectivity index (χ1n) is 7.36. The van der Waals surface area contributed by atoms with Crippen molar-refractivity contribution in [3.8, 4) is 5.75 Å². The maximum absolute atomic E-state index is 12.3. The van der Waals surface area contributed by atoms with Crippen molar-refractivity contribution in [1.82, 2.24) is 5.32 Å². The molecule has 1 N–H and O–H groups in total. The number of benzene rings is 1. The Kier molecular flexibility index (Phi) is 4.95. The van der Waals surface area contributed by atoms with Crippen molar-refractivity contribution >= 4 is 21.6 Å². The maximum Gasteiger partial charge on any atom is 0.261 e. The van der Waals surface area contributed by atoms with Crippen LogP contribution in [0.3, 0.4) is 0 Å². The lowest BCUT2D eigenvalue weighted by Gasteiger charge is -2.20. The van der Waals surface area contributed by atoms with Crippen molar-refractivity contribution in [3.05, 3.63) is 24.3 Å². The number of para-hydroxylation sites is 2. The zero-order chi connectivity index (χ0) is 16.3. The number of rotatable bonds is 4. The molecule has 2 atom stereocenters. The highest BCUT2D eigenvalue weighted by Crippen LogP contribution is 2.33. The molecule has 0 fully saturated rings. The second-order valence-electron chi connectivity index (χ2n) is 5.52. The van der Waals surface area contributed by atoms with Crippen LogP contribution in [0.15, 0.2) is 24.3 Å². The van der Waals surface area contributed by atoms with Crippen LogP contribution in [0.5, 0.6) is 5.75 Å². The zero-order valence-electron chi connectivity index (χ0n) is 13.1. The van der Waals surface area contributed by atoms with Gasteiger partial charge in [-0.1, -0.05) is 19.1 Å². The van der Waals surface area contributed by atoms with Crippen molar-refractivity contribution in [1.29, 1.82) is 0 Å². The molecule has 0 radical (unpaired) electrons. The SMILES string of the molecule is CC[C@H](C)NC(=O)[C@H]1CCN(S(C)(=O)=O)c2ccccc2O1. The van der Waals surface area contributed by atoms with Crippen molar-refractivity contribution in [3.63, 3.8) is 0 Å². The molecule has 0 bridgehead atoms. The predicted octanol–water partition coefficient (Wildman–Crippen LogP) is 1.52. The van der Waals surface area contributed by atoms with E-state index in [1.54, 1.807) is 24.3 Å². The summed E-state index contributed by atoms with van der Waals surface area (Å²) in [6, 6.07) is 6.93. The van der Waals surface area contributed by atoms with Gasteiger partial charge in [0.05, 0.1) is 11.9 Å². The largest absolute Gasteiger partial charge is 0.478 e. The van der Waals surface area contributed by atoms with E-state index in [9.17, 15) is 13.2 Å². The number of anilines is 1. The summed E-state index contributed by atoms with van der Waals surface area (Å²) in [6.45, 7) is 4.12. The average Bonchev–Trinajstić information content (AvgIpc) is 2.66. The van der Waals surface area contributed by atoms with Crippen LogP contribution < -0.4 is 14.4 Å². The fraction of sp³-hybridized carbons (Fsp3) is 0.533. The molecule has 0 unspecified atom stereocenters. The Balaban J connectivity index is 2.28. The summed E-state index contributed by atoms with van der Waals surface area (Å²) in [5.41, 5.74) is 0.476. The van der Waals surface area contributed by atoms with Gasteiger partial charge in [-0.2, -0.15) is 0 Å². The number of carbonyl (C=O) groups excluding carboxylic acids is 1. The van der Waals surface area contributed by atoms with E-state index in [0.29, 0.717) is 17.9 Å². The number of hydrogen-bond acceptors (Lipinski definition) is 4. The molecule has 1 aromatic rings. The van der Waals surface area contributed by atoms with Gasteiger partial charge in [0.2, 0.25) is 10.0 Å². The summed E-state index contributed by atoms with van der Waals surface area (Å²) in [5, 5.41) is 2.88. The van der Waals surface area contributed by atoms with Crippen molar-refractivity contribution < 1.29 is 17.9 Å². The number of amides is 1. The second-order valence-corrected chi connectivity index (χ2v) is 7.42. The molecule has 6 nitrogen and oxygen atoms in total. The molecule has 1 aromatic carbocycles. The van der Waals surface area contributed by atoms with Gasteiger partial charge >= 0.3 is 0 Å². The van der Waals surface area contributed by atoms with Crippen LogP contribution in [0.2, 0.25) is 0 Å². The molecule has 1 heterocycles. The molecule has 0 aliphatic carbocycles. The van der Waals surface area contributed by atoms with Crippen LogP contribution in [0.25, 0.3) is 0 Å². The van der Waals surface area contributed by atoms with Gasteiger partial charge in [-0.25, -0.2) is 8.42 Å². The molecule has 7 heteroatoms. The van der Waals surface area contributed by atoms with Gasteiger partial charge in [0.15, 0.2) is 6.10 Å². The van der Waals surface area contributed by atoms with E-state index in [1.165, 1.54) is 4.31 Å². The van der Waals surface area contributed by atoms with E-state index in [4.69, 9.17) is 4.74 Å². The fourth-order valence-corrected chi connectivity index (χ4v) is 3.24. The first kappa shape index (κ1) is 16.6. The molecule has 1 amide bonds. The van der Waals surface area contributed by atoms with Gasteiger partial charge in [0.25, 0.3) is 5.91 Å². The third kappa shape index (κ3) is 3.71. The van der Waals surface area contributed by atoms with Gasteiger partial charge in [0.1, 0.15) is 5.75 Å². The molecule has 122 valence electrons. The minimum absolute atomic E-state index is 0.0561. The summed E-state index contributed by atoms with van der Waals surface area (Å²) in [6.07, 6.45) is 1.60. The molecule has 0 spiro atoms. The number of fused-ring (bicyclic) bond motifs is 1. The van der Waals surface area contributed by atoms with Gasteiger partial charge in [0, 0.05) is 19.0 Å². The highest BCUT2D eigenvalue weighted by atomic mass is 32.2. The zero-order valence-corrected chi connectivity index (χ0v) is 13.9. The van der Waals surface area contributed by atoms with Crippen molar-refractivity contribution in [2.45, 2.75) is 38.8 Å². The summed E-state index contributed by atoms with van der Waals surface area (Å²) in [5.74, 6) is 0.203. The molecular weight excluding hydrogens is 304 g/mol. The Morgan fingerprint density at radius 2 is 2.14 bits per heavy atom. The highest BCUT2D eigenvalue weighted by molar-refractivity contribution is 7.92. The lowest BCUT2D eigenvalue weighted by Crippen LogP contribution is -2.43. The van der Waals surface area contributed by atoms with Gasteiger partial charge in [-0.15, -0.1) is 0 Å². The topological polar surface area (TPSA) is 75.7 Å². The first-order valence-corrected chi connectivity index (χ1v) is 9.21. The lowest BCUT2D eigenvalue weighted by atomic mass is 10.2. The summed E-state index contributed by atoms with van der Waals surface area (Å²) in [4.78, 5) is 12.3. The fourth-order valence-electron chi connectivity index (χ4n) is 2.30. The van der Waals surface area contributed by atoms with Crippen molar-refractivity contribution in [2.75, 3.05) is 17.1 Å². The third-order valence-electron chi connectivity index (χ3n) is 3.69. The Hall–Kier alpha value is -1.76. The first-order chi connectivity index (χ1) is 10.3. The minimum atomic E-state index is -3.42. The van der Waals surface area contributed by atoms with Crippen molar-refractivity contribution in [2.24, 2.45) is 0 Å². The second kappa shape index (κ2) is 6.56. The quantitative estimate of drug-likeness (QED) is 0.910. The molecule has 2 rings (SSSR count). The van der Waals surface area contributed by atoms with Crippen LogP contribution in [-0.4, -0.2) is 39.3 Å². The summed E-state index contributed by atoms with van der Waals surface area (Å²) < 4.78 is 31.0. The summed E-state index contributed by atoms with van der Waals surface area (Å²) in [7, 11) is -3.42. The smallest absolute Gasteiger partial charge is 0.261 e. The van der Waals surface area contributed by atoms with E-state index in [0.717, 1.165) is 12.7 Å². The molecule has 0 saturated carbocycles. The third-order valence-corrected chi connectivity index (χ3v) is 4.87. The Bertz CT molecular complexity index is 645. The van der Waals surface area contributed by atoms with Crippen LogP contribution in [0, 0.1) is 0 Å². The molecule has 1 aliphatic rings. The number of carbonyl (C=O) groups is 1. The number of nitrogens with zero attached hydrogens (tertiary/aromatic N) is 1. The molecular formula is C15H22N2O4S. The van der Waals surface area contributed by atoms with E-state index < -0.39 is 16.1 Å². The van der Waals surface area contributed by atoms with Crippen LogP contribution in [-0.2, 0) is 14.8 Å². The number of hydrogen-bond donors (Lipinski definition) is 1. The van der Waals surface area contributed by atoms with Crippen LogP contribution in [0.4, 0.5) is 5.69 Å². The number of ether oxygens (including phenoxy) is 1. The molecule has 1 aliphatic heterocycles. The van der Waals surface area contributed by atoms with E-state index in [2.05, 4.69) is 5.32 Å². The average molecular weight is 326 g/mol. The van der Waals surface area contributed by atoms with E-state index >= 15 is 0 Å². The number of sulfonamides is 1. The molecule has 0 aromatic heterocycles. The van der Waals surface area contributed by atoms with Crippen LogP contribution >= 0.6 is 0 Å². The lowest BCUT2D eigenvalue weighted by molar-refractivity contribution is -0.128. The standard InChI is InChI=1S/C15H22N2O4S/c1-4-11(2)16-15(18)14-9-10-17(22(3,19)20)12-7-5-6-8-13(12)21-14/h5-8,11,14H,4,9-10H2,1-3H3,(H,16,18)/t11-,14+/m0/s1. The monoisotopic (exact) mass is 326 g/mol. The molecule has 22 heavy (non-hydrogen) atoms. The minimum Gasteiger partial charge on any atom is -0.478 e. The van der Waals surface area contributed by atoms with Gasteiger partial charge in [-0.05, 0) is 25.5 Å². The number of nitrogens with one attached hydrogen (secondary N) is 1. The predicted molar refractivity (Wildman–Crippen MR) is 85.6 cm³/mol. The molecule has 0 saturated heterocycles. The van der Waals surface area contributed by atoms with E-state index in [-0.39, 0.29) is 18.5 Å². The van der Waals surface area contributed by atoms with E-state index in [1.807, 2.05) is 13.8 Å².